The maximum atomic E-state index is 5.20. The van der Waals surface area contributed by atoms with Gasteiger partial charge in [0.15, 0.2) is 0 Å². The van der Waals surface area contributed by atoms with Crippen LogP contribution in [-0.2, 0) is 12.8 Å². The van der Waals surface area contributed by atoms with E-state index in [2.05, 4.69) is 22.3 Å². The first-order valence-corrected chi connectivity index (χ1v) is 4.47. The number of guanidine groups is 1. The minimum Gasteiger partial charge on any atom is -0.369 e. The molecule has 4 nitrogen and oxygen atoms in total. The van der Waals surface area contributed by atoms with E-state index in [0.29, 0.717) is 0 Å². The van der Waals surface area contributed by atoms with E-state index < -0.39 is 0 Å². The zero-order valence-corrected chi connectivity index (χ0v) is 7.77. The lowest BCUT2D eigenvalue weighted by Crippen LogP contribution is -2.22. The molecule has 0 heterocycles. The quantitative estimate of drug-likeness (QED) is 0.380. The van der Waals surface area contributed by atoms with Gasteiger partial charge in [-0.15, -0.1) is 5.10 Å². The van der Waals surface area contributed by atoms with Gasteiger partial charge in [0.1, 0.15) is 0 Å². The fourth-order valence-electron chi connectivity index (χ4n) is 1.60. The lowest BCUT2D eigenvalue weighted by Gasteiger charge is -1.92. The summed E-state index contributed by atoms with van der Waals surface area (Å²) in [6.07, 6.45) is 1.71. The van der Waals surface area contributed by atoms with Gasteiger partial charge in [-0.2, -0.15) is 5.10 Å². The van der Waals surface area contributed by atoms with Crippen molar-refractivity contribution in [2.75, 3.05) is 0 Å². The summed E-state index contributed by atoms with van der Waals surface area (Å²) >= 11 is 0. The van der Waals surface area contributed by atoms with Gasteiger partial charge in [0, 0.05) is 18.6 Å². The third-order valence-electron chi connectivity index (χ3n) is 2.21. The van der Waals surface area contributed by atoms with Gasteiger partial charge in [-0.3, -0.25) is 0 Å². The highest BCUT2D eigenvalue weighted by Gasteiger charge is 2.15. The second-order valence-corrected chi connectivity index (χ2v) is 3.31. The number of benzene rings is 1. The molecule has 2 rings (SSSR count). The Bertz CT molecular complexity index is 375. The van der Waals surface area contributed by atoms with Crippen LogP contribution in [0.4, 0.5) is 0 Å². The molecule has 1 aliphatic carbocycles. The Balaban J connectivity index is 2.19. The second kappa shape index (κ2) is 3.49. The molecule has 0 saturated carbocycles. The molecule has 0 unspecified atom stereocenters. The summed E-state index contributed by atoms with van der Waals surface area (Å²) in [7, 11) is 0. The average Bonchev–Trinajstić information content (AvgIpc) is 2.57. The minimum absolute atomic E-state index is 0.00783. The summed E-state index contributed by atoms with van der Waals surface area (Å²) in [4.78, 5) is 0. The normalized spacial score (nSPS) is 13.6. The molecule has 72 valence electrons. The molecule has 4 heteroatoms. The summed E-state index contributed by atoms with van der Waals surface area (Å²) in [5.74, 6) is 0.00783. The Kier molecular flexibility index (Phi) is 2.18. The summed E-state index contributed by atoms with van der Waals surface area (Å²) in [6.45, 7) is 0. The Morgan fingerprint density at radius 3 is 2.14 bits per heavy atom. The molecule has 0 radical (unpaired) electrons. The minimum atomic E-state index is 0.00783. The van der Waals surface area contributed by atoms with E-state index in [4.69, 9.17) is 11.5 Å². The summed E-state index contributed by atoms with van der Waals surface area (Å²) in [5.41, 5.74) is 14.0. The van der Waals surface area contributed by atoms with Crippen molar-refractivity contribution in [1.82, 2.24) is 0 Å². The molecular formula is C10H12N4. The number of nitrogens with two attached hydrogens (primary N) is 2. The van der Waals surface area contributed by atoms with Crippen LogP contribution in [0.25, 0.3) is 0 Å². The van der Waals surface area contributed by atoms with E-state index in [1.54, 1.807) is 0 Å². The van der Waals surface area contributed by atoms with Gasteiger partial charge >= 0.3 is 0 Å². The number of nitrogens with zero attached hydrogens (tertiary/aromatic N) is 2. The first kappa shape index (κ1) is 8.74. The van der Waals surface area contributed by atoms with E-state index in [9.17, 15) is 0 Å². The fourth-order valence-corrected chi connectivity index (χ4v) is 1.60. The van der Waals surface area contributed by atoms with Crippen LogP contribution in [-0.4, -0.2) is 11.7 Å². The predicted molar refractivity (Wildman–Crippen MR) is 57.1 cm³/mol. The van der Waals surface area contributed by atoms with Crippen LogP contribution in [0.3, 0.4) is 0 Å². The zero-order chi connectivity index (χ0) is 9.97. The number of fused-ring (bicyclic) bond motifs is 1. The van der Waals surface area contributed by atoms with Crippen molar-refractivity contribution in [3.63, 3.8) is 0 Å². The number of rotatable bonds is 1. The summed E-state index contributed by atoms with van der Waals surface area (Å²) < 4.78 is 0. The Labute approximate surface area is 82.3 Å². The summed E-state index contributed by atoms with van der Waals surface area (Å²) in [5, 5.41) is 7.64. The molecule has 1 aromatic carbocycles. The highest BCUT2D eigenvalue weighted by molar-refractivity contribution is 5.93. The van der Waals surface area contributed by atoms with Gasteiger partial charge in [0.25, 0.3) is 0 Å². The lowest BCUT2D eigenvalue weighted by molar-refractivity contribution is 1.16. The largest absolute Gasteiger partial charge is 0.369 e. The van der Waals surface area contributed by atoms with Gasteiger partial charge in [-0.1, -0.05) is 24.3 Å². The Morgan fingerprint density at radius 2 is 1.64 bits per heavy atom. The SMILES string of the molecule is NC(N)=NN=C1Cc2ccccc2C1. The highest BCUT2D eigenvalue weighted by Crippen LogP contribution is 2.19. The topological polar surface area (TPSA) is 76.8 Å². The van der Waals surface area contributed by atoms with E-state index in [-0.39, 0.29) is 5.96 Å². The molecule has 1 aromatic rings. The van der Waals surface area contributed by atoms with Gasteiger partial charge in [0.2, 0.25) is 5.96 Å². The Morgan fingerprint density at radius 1 is 1.07 bits per heavy atom. The first-order chi connectivity index (χ1) is 6.75. The number of hydrogen-bond donors (Lipinski definition) is 2. The molecule has 0 bridgehead atoms. The molecule has 0 spiro atoms. The lowest BCUT2D eigenvalue weighted by atomic mass is 10.1. The summed E-state index contributed by atoms with van der Waals surface area (Å²) in [6, 6.07) is 8.27. The second-order valence-electron chi connectivity index (χ2n) is 3.31. The van der Waals surface area contributed by atoms with Crippen molar-refractivity contribution in [1.29, 1.82) is 0 Å². The van der Waals surface area contributed by atoms with Crippen molar-refractivity contribution >= 4 is 11.7 Å². The van der Waals surface area contributed by atoms with Gasteiger partial charge < -0.3 is 11.5 Å². The van der Waals surface area contributed by atoms with Gasteiger partial charge in [0.05, 0.1) is 0 Å². The van der Waals surface area contributed by atoms with Crippen LogP contribution < -0.4 is 11.5 Å². The molecule has 0 amide bonds. The van der Waals surface area contributed by atoms with Crippen LogP contribution >= 0.6 is 0 Å². The molecule has 0 fully saturated rings. The highest BCUT2D eigenvalue weighted by atomic mass is 15.3. The first-order valence-electron chi connectivity index (χ1n) is 4.47. The van der Waals surface area contributed by atoms with Gasteiger partial charge in [-0.05, 0) is 11.1 Å². The smallest absolute Gasteiger partial charge is 0.211 e. The molecule has 0 saturated heterocycles. The third-order valence-corrected chi connectivity index (χ3v) is 2.21. The van der Waals surface area contributed by atoms with Gasteiger partial charge in [-0.25, -0.2) is 0 Å². The molecular weight excluding hydrogens is 176 g/mol. The monoisotopic (exact) mass is 188 g/mol. The zero-order valence-electron chi connectivity index (χ0n) is 7.77. The van der Waals surface area contributed by atoms with Crippen LogP contribution in [0, 0.1) is 0 Å². The van der Waals surface area contributed by atoms with E-state index in [1.165, 1.54) is 11.1 Å². The molecule has 14 heavy (non-hydrogen) atoms. The van der Waals surface area contributed by atoms with E-state index in [0.717, 1.165) is 18.6 Å². The average molecular weight is 188 g/mol. The maximum absolute atomic E-state index is 5.20. The van der Waals surface area contributed by atoms with Crippen molar-refractivity contribution in [3.8, 4) is 0 Å². The third kappa shape index (κ3) is 1.74. The number of hydrogen-bond acceptors (Lipinski definition) is 2. The molecule has 1 aliphatic rings. The molecule has 0 aromatic heterocycles. The van der Waals surface area contributed by atoms with Crippen LogP contribution in [0.15, 0.2) is 34.5 Å². The predicted octanol–water partition coefficient (Wildman–Crippen LogP) is 0.415. The van der Waals surface area contributed by atoms with Crippen LogP contribution in [0.2, 0.25) is 0 Å². The van der Waals surface area contributed by atoms with Crippen molar-refractivity contribution < 1.29 is 0 Å². The van der Waals surface area contributed by atoms with E-state index in [1.807, 2.05) is 12.1 Å². The van der Waals surface area contributed by atoms with Crippen molar-refractivity contribution in [2.24, 2.45) is 21.7 Å². The standard InChI is InChI=1S/C10H12N4/c11-10(12)14-13-9-5-7-3-1-2-4-8(7)6-9/h1-4H,5-6H2,(H4,11,12,14). The van der Waals surface area contributed by atoms with Crippen LogP contribution in [0.1, 0.15) is 11.1 Å². The molecule has 0 aliphatic heterocycles. The van der Waals surface area contributed by atoms with E-state index >= 15 is 0 Å². The van der Waals surface area contributed by atoms with Crippen molar-refractivity contribution in [2.45, 2.75) is 12.8 Å². The molecule has 4 N–H and O–H groups in total. The molecule has 0 atom stereocenters. The Hall–Kier alpha value is -1.84. The fraction of sp³-hybridized carbons (Fsp3) is 0.200. The van der Waals surface area contributed by atoms with Crippen molar-refractivity contribution in [3.05, 3.63) is 35.4 Å². The van der Waals surface area contributed by atoms with Crippen LogP contribution in [0.5, 0.6) is 0 Å². The maximum Gasteiger partial charge on any atom is 0.211 e.